The zero-order valence-corrected chi connectivity index (χ0v) is 9.95. The number of hydrogen-bond acceptors (Lipinski definition) is 4. The highest BCUT2D eigenvalue weighted by atomic mass is 19.1. The Morgan fingerprint density at radius 3 is 2.58 bits per heavy atom. The van der Waals surface area contributed by atoms with E-state index in [0.717, 1.165) is 12.1 Å². The molecular weight excluding hydrogens is 256 g/mol. The molecule has 0 radical (unpaired) electrons. The Bertz CT molecular complexity index is 576. The number of nitrogens with two attached hydrogens (primary N) is 1. The number of halogens is 2. The Morgan fingerprint density at radius 1 is 1.42 bits per heavy atom. The normalized spacial score (nSPS) is 12.2. The molecule has 19 heavy (non-hydrogen) atoms. The van der Waals surface area contributed by atoms with Gasteiger partial charge in [0.2, 0.25) is 0 Å². The van der Waals surface area contributed by atoms with Crippen LogP contribution in [0.3, 0.4) is 0 Å². The van der Waals surface area contributed by atoms with Gasteiger partial charge in [0.15, 0.2) is 0 Å². The number of benzene rings is 1. The van der Waals surface area contributed by atoms with Gasteiger partial charge in [0, 0.05) is 5.56 Å². The van der Waals surface area contributed by atoms with E-state index in [2.05, 4.69) is 20.5 Å². The molecule has 2 aromatic rings. The molecule has 2 rings (SSSR count). The van der Waals surface area contributed by atoms with Gasteiger partial charge in [-0.1, -0.05) is 0 Å². The monoisotopic (exact) mass is 267 g/mol. The number of nitrogens with zero attached hydrogens (tertiary/aromatic N) is 2. The minimum Gasteiger partial charge on any atom is -0.394 e. The van der Waals surface area contributed by atoms with Gasteiger partial charge in [0.05, 0.1) is 6.04 Å². The number of carbonyl (C=O) groups excluding carboxylic acids is 1. The van der Waals surface area contributed by atoms with Gasteiger partial charge in [-0.05, 0) is 19.1 Å². The van der Waals surface area contributed by atoms with Gasteiger partial charge >= 0.3 is 0 Å². The van der Waals surface area contributed by atoms with Crippen LogP contribution in [0, 0.1) is 11.6 Å². The molecule has 0 bridgehead atoms. The molecular formula is C11H11F2N5O. The largest absolute Gasteiger partial charge is 0.394 e. The predicted molar refractivity (Wildman–Crippen MR) is 63.0 cm³/mol. The third kappa shape index (κ3) is 2.67. The van der Waals surface area contributed by atoms with Crippen LogP contribution < -0.4 is 11.1 Å². The average molecular weight is 267 g/mol. The molecule has 0 spiro atoms. The predicted octanol–water partition coefficient (Wildman–Crippen LogP) is 1.16. The first-order valence-electron chi connectivity index (χ1n) is 5.39. The Morgan fingerprint density at radius 2 is 2.05 bits per heavy atom. The zero-order valence-electron chi connectivity index (χ0n) is 9.95. The second kappa shape index (κ2) is 5.01. The lowest BCUT2D eigenvalue weighted by atomic mass is 10.1. The summed E-state index contributed by atoms with van der Waals surface area (Å²) in [4.78, 5) is 15.7. The van der Waals surface area contributed by atoms with Crippen LogP contribution >= 0.6 is 0 Å². The molecule has 1 aromatic heterocycles. The number of H-pyrrole nitrogens is 1. The van der Waals surface area contributed by atoms with Crippen molar-refractivity contribution >= 4 is 11.6 Å². The van der Waals surface area contributed by atoms with E-state index in [-0.39, 0.29) is 5.56 Å². The summed E-state index contributed by atoms with van der Waals surface area (Å²) in [7, 11) is 0. The quantitative estimate of drug-likeness (QED) is 0.727. The summed E-state index contributed by atoms with van der Waals surface area (Å²) < 4.78 is 26.5. The molecule has 0 saturated heterocycles. The van der Waals surface area contributed by atoms with Crippen molar-refractivity contribution in [2.45, 2.75) is 13.0 Å². The molecule has 4 N–H and O–H groups in total. The van der Waals surface area contributed by atoms with Gasteiger partial charge in [-0.25, -0.2) is 13.8 Å². The van der Waals surface area contributed by atoms with Crippen molar-refractivity contribution in [1.82, 2.24) is 20.5 Å². The van der Waals surface area contributed by atoms with Crippen molar-refractivity contribution < 1.29 is 13.6 Å². The summed E-state index contributed by atoms with van der Waals surface area (Å²) in [5.41, 5.74) is 4.36. The van der Waals surface area contributed by atoms with E-state index in [1.165, 1.54) is 6.33 Å². The molecule has 1 aromatic carbocycles. The number of rotatable bonds is 3. The smallest absolute Gasteiger partial charge is 0.252 e. The van der Waals surface area contributed by atoms with Crippen LogP contribution in [0.4, 0.5) is 14.5 Å². The molecule has 0 saturated carbocycles. The fraction of sp³-hybridized carbons (Fsp3) is 0.182. The van der Waals surface area contributed by atoms with Crippen molar-refractivity contribution in [2.24, 2.45) is 0 Å². The summed E-state index contributed by atoms with van der Waals surface area (Å²) in [5.74, 6) is -2.15. The summed E-state index contributed by atoms with van der Waals surface area (Å²) in [5, 5.41) is 8.75. The first-order valence-corrected chi connectivity index (χ1v) is 5.39. The first kappa shape index (κ1) is 12.9. The van der Waals surface area contributed by atoms with Gasteiger partial charge < -0.3 is 11.1 Å². The van der Waals surface area contributed by atoms with Crippen molar-refractivity contribution in [1.29, 1.82) is 0 Å². The number of aromatic nitrogens is 3. The fourth-order valence-corrected chi connectivity index (χ4v) is 1.49. The van der Waals surface area contributed by atoms with E-state index >= 15 is 0 Å². The van der Waals surface area contributed by atoms with E-state index in [4.69, 9.17) is 5.73 Å². The van der Waals surface area contributed by atoms with E-state index < -0.39 is 29.3 Å². The second-order valence-electron chi connectivity index (χ2n) is 3.92. The minimum atomic E-state index is -0.975. The van der Waals surface area contributed by atoms with Crippen LogP contribution in [0.5, 0.6) is 0 Å². The second-order valence-corrected chi connectivity index (χ2v) is 3.92. The summed E-state index contributed by atoms with van der Waals surface area (Å²) >= 11 is 0. The van der Waals surface area contributed by atoms with Crippen LogP contribution in [0.2, 0.25) is 0 Å². The highest BCUT2D eigenvalue weighted by Crippen LogP contribution is 2.17. The highest BCUT2D eigenvalue weighted by Gasteiger charge is 2.16. The topological polar surface area (TPSA) is 96.7 Å². The maximum Gasteiger partial charge on any atom is 0.252 e. The Hall–Kier alpha value is -2.51. The Balaban J connectivity index is 2.16. The number of nitrogens with one attached hydrogen (secondary N) is 2. The lowest BCUT2D eigenvalue weighted by Gasteiger charge is -2.11. The summed E-state index contributed by atoms with van der Waals surface area (Å²) in [6.07, 6.45) is 1.29. The Kier molecular flexibility index (Phi) is 3.41. The van der Waals surface area contributed by atoms with Crippen LogP contribution in [0.25, 0.3) is 0 Å². The lowest BCUT2D eigenvalue weighted by molar-refractivity contribution is 0.0937. The minimum absolute atomic E-state index is 0.157. The van der Waals surface area contributed by atoms with Gasteiger partial charge in [-0.3, -0.25) is 9.89 Å². The first-order chi connectivity index (χ1) is 8.99. The van der Waals surface area contributed by atoms with Crippen LogP contribution in [0.1, 0.15) is 29.1 Å². The van der Waals surface area contributed by atoms with E-state index in [1.54, 1.807) is 6.92 Å². The van der Waals surface area contributed by atoms with Gasteiger partial charge in [0.25, 0.3) is 5.91 Å². The molecule has 0 aliphatic heterocycles. The number of carbonyl (C=O) groups is 1. The lowest BCUT2D eigenvalue weighted by Crippen LogP contribution is -2.27. The fourth-order valence-electron chi connectivity index (χ4n) is 1.49. The van der Waals surface area contributed by atoms with Crippen molar-refractivity contribution in [2.75, 3.05) is 5.73 Å². The zero-order chi connectivity index (χ0) is 14.0. The number of amides is 1. The number of nitrogen functional groups attached to an aromatic ring is 1. The molecule has 0 aliphatic rings. The van der Waals surface area contributed by atoms with Crippen LogP contribution in [0.15, 0.2) is 18.5 Å². The van der Waals surface area contributed by atoms with Crippen molar-refractivity contribution in [3.05, 3.63) is 41.5 Å². The molecule has 8 heteroatoms. The number of anilines is 1. The standard InChI is InChI=1S/C11H11F2N5O/c1-5(10-15-4-16-18-10)17-11(19)6-2-7(12)9(14)8(13)3-6/h2-5H,14H2,1H3,(H,17,19)(H,15,16,18). The molecule has 100 valence electrons. The van der Waals surface area contributed by atoms with Gasteiger partial charge in [0.1, 0.15) is 29.5 Å². The van der Waals surface area contributed by atoms with Crippen LogP contribution in [-0.4, -0.2) is 21.1 Å². The summed E-state index contributed by atoms with van der Waals surface area (Å²) in [6, 6.07) is 1.28. The number of hydrogen-bond donors (Lipinski definition) is 3. The maximum atomic E-state index is 13.2. The van der Waals surface area contributed by atoms with Crippen molar-refractivity contribution in [3.8, 4) is 0 Å². The molecule has 6 nitrogen and oxygen atoms in total. The molecule has 1 unspecified atom stereocenters. The van der Waals surface area contributed by atoms with E-state index in [0.29, 0.717) is 5.82 Å². The molecule has 1 heterocycles. The van der Waals surface area contributed by atoms with Gasteiger partial charge in [-0.15, -0.1) is 0 Å². The third-order valence-electron chi connectivity index (χ3n) is 2.53. The van der Waals surface area contributed by atoms with Crippen LogP contribution in [-0.2, 0) is 0 Å². The van der Waals surface area contributed by atoms with Crippen molar-refractivity contribution in [3.63, 3.8) is 0 Å². The Labute approximate surface area is 107 Å². The SMILES string of the molecule is CC(NC(=O)c1cc(F)c(N)c(F)c1)c1ncn[nH]1. The third-order valence-corrected chi connectivity index (χ3v) is 2.53. The van der Waals surface area contributed by atoms with E-state index in [9.17, 15) is 13.6 Å². The number of aromatic amines is 1. The molecule has 0 aliphatic carbocycles. The highest BCUT2D eigenvalue weighted by molar-refractivity contribution is 5.94. The average Bonchev–Trinajstić information content (AvgIpc) is 2.89. The maximum absolute atomic E-state index is 13.2. The molecule has 1 amide bonds. The molecule has 0 fully saturated rings. The summed E-state index contributed by atoms with van der Waals surface area (Å²) in [6.45, 7) is 1.66. The van der Waals surface area contributed by atoms with E-state index in [1.807, 2.05) is 0 Å². The molecule has 1 atom stereocenters. The van der Waals surface area contributed by atoms with Gasteiger partial charge in [-0.2, -0.15) is 5.10 Å².